The molecular weight excluding hydrogens is 391 g/mol. The molecule has 114 valence electrons. The molecule has 5 heteroatoms. The average Bonchev–Trinajstić information content (AvgIpc) is 2.49. The number of amides is 2. The van der Waals surface area contributed by atoms with Crippen LogP contribution in [0.4, 0.5) is 5.69 Å². The minimum atomic E-state index is -0.256. The second-order valence-corrected chi connectivity index (χ2v) is 6.25. The van der Waals surface area contributed by atoms with Crippen LogP contribution >= 0.6 is 22.6 Å². The van der Waals surface area contributed by atoms with E-state index >= 15 is 0 Å². The van der Waals surface area contributed by atoms with Crippen molar-refractivity contribution in [1.29, 1.82) is 0 Å². The van der Waals surface area contributed by atoms with Crippen LogP contribution in [-0.2, 0) is 4.79 Å². The van der Waals surface area contributed by atoms with Gasteiger partial charge >= 0.3 is 0 Å². The minimum absolute atomic E-state index is 0.0570. The van der Waals surface area contributed by atoms with Crippen LogP contribution in [0.3, 0.4) is 0 Å². The highest BCUT2D eigenvalue weighted by Gasteiger charge is 2.10. The number of hydrogen-bond donors (Lipinski definition) is 2. The molecule has 22 heavy (non-hydrogen) atoms. The van der Waals surface area contributed by atoms with Crippen molar-refractivity contribution in [2.24, 2.45) is 0 Å². The van der Waals surface area contributed by atoms with Crippen LogP contribution in [0.25, 0.3) is 0 Å². The van der Waals surface area contributed by atoms with E-state index in [2.05, 4.69) is 33.2 Å². The van der Waals surface area contributed by atoms with Crippen molar-refractivity contribution in [2.45, 2.75) is 13.8 Å². The second-order valence-electron chi connectivity index (χ2n) is 5.00. The van der Waals surface area contributed by atoms with Gasteiger partial charge in [0.2, 0.25) is 5.91 Å². The highest BCUT2D eigenvalue weighted by Crippen LogP contribution is 2.19. The zero-order valence-corrected chi connectivity index (χ0v) is 14.6. The molecule has 2 aromatic rings. The van der Waals surface area contributed by atoms with Gasteiger partial charge in [-0.3, -0.25) is 9.59 Å². The van der Waals surface area contributed by atoms with Gasteiger partial charge in [-0.1, -0.05) is 18.2 Å². The maximum Gasteiger partial charge on any atom is 0.251 e. The van der Waals surface area contributed by atoms with E-state index in [9.17, 15) is 9.59 Å². The van der Waals surface area contributed by atoms with Gasteiger partial charge in [-0.2, -0.15) is 0 Å². The fourth-order valence-electron chi connectivity index (χ4n) is 2.06. The van der Waals surface area contributed by atoms with E-state index in [1.165, 1.54) is 0 Å². The largest absolute Gasteiger partial charge is 0.343 e. The lowest BCUT2D eigenvalue weighted by atomic mass is 10.1. The number of para-hydroxylation sites is 1. The third-order valence-corrected chi connectivity index (χ3v) is 3.98. The number of anilines is 1. The molecule has 4 nitrogen and oxygen atoms in total. The third-order valence-electron chi connectivity index (χ3n) is 3.26. The lowest BCUT2D eigenvalue weighted by Crippen LogP contribution is -2.33. The number of hydrogen-bond acceptors (Lipinski definition) is 2. The maximum atomic E-state index is 12.0. The molecule has 0 saturated carbocycles. The Morgan fingerprint density at radius 1 is 1.00 bits per heavy atom. The molecule has 0 fully saturated rings. The monoisotopic (exact) mass is 408 g/mol. The lowest BCUT2D eigenvalue weighted by Gasteiger charge is -2.12. The third kappa shape index (κ3) is 4.30. The van der Waals surface area contributed by atoms with E-state index in [0.717, 1.165) is 20.4 Å². The van der Waals surface area contributed by atoms with Gasteiger partial charge < -0.3 is 10.6 Å². The topological polar surface area (TPSA) is 58.2 Å². The number of carbonyl (C=O) groups excluding carboxylic acids is 2. The molecule has 0 saturated heterocycles. The summed E-state index contributed by atoms with van der Waals surface area (Å²) in [5.41, 5.74) is 3.34. The predicted molar refractivity (Wildman–Crippen MR) is 96.0 cm³/mol. The second kappa shape index (κ2) is 7.40. The number of rotatable bonds is 4. The molecule has 0 bridgehead atoms. The molecule has 0 aromatic heterocycles. The van der Waals surface area contributed by atoms with Crippen molar-refractivity contribution in [1.82, 2.24) is 5.32 Å². The van der Waals surface area contributed by atoms with E-state index in [4.69, 9.17) is 0 Å². The van der Waals surface area contributed by atoms with E-state index < -0.39 is 0 Å². The molecule has 2 aromatic carbocycles. The van der Waals surface area contributed by atoms with Crippen molar-refractivity contribution in [3.05, 3.63) is 62.7 Å². The number of carbonyl (C=O) groups is 2. The van der Waals surface area contributed by atoms with Gasteiger partial charge in [-0.05, 0) is 71.8 Å². The zero-order chi connectivity index (χ0) is 16.1. The molecule has 0 spiro atoms. The van der Waals surface area contributed by atoms with E-state index in [0.29, 0.717) is 5.56 Å². The van der Waals surface area contributed by atoms with Gasteiger partial charge in [0, 0.05) is 14.8 Å². The molecular formula is C17H17IN2O2. The van der Waals surface area contributed by atoms with E-state index in [1.54, 1.807) is 12.1 Å². The smallest absolute Gasteiger partial charge is 0.251 e. The van der Waals surface area contributed by atoms with Gasteiger partial charge in [0.1, 0.15) is 0 Å². The van der Waals surface area contributed by atoms with Crippen molar-refractivity contribution in [3.8, 4) is 0 Å². The molecule has 0 unspecified atom stereocenters. The first-order valence-corrected chi connectivity index (χ1v) is 7.95. The van der Waals surface area contributed by atoms with Crippen LogP contribution in [-0.4, -0.2) is 18.4 Å². The molecule has 2 N–H and O–H groups in total. The summed E-state index contributed by atoms with van der Waals surface area (Å²) in [6, 6.07) is 13.0. The fourth-order valence-corrected chi connectivity index (χ4v) is 2.42. The Bertz CT molecular complexity index is 676. The summed E-state index contributed by atoms with van der Waals surface area (Å²) in [4.78, 5) is 23.9. The van der Waals surface area contributed by atoms with Gasteiger partial charge in [-0.15, -0.1) is 0 Å². The Morgan fingerprint density at radius 3 is 2.18 bits per heavy atom. The van der Waals surface area contributed by atoms with Gasteiger partial charge in [-0.25, -0.2) is 0 Å². The average molecular weight is 408 g/mol. The van der Waals surface area contributed by atoms with Gasteiger partial charge in [0.15, 0.2) is 0 Å². The molecule has 0 heterocycles. The Morgan fingerprint density at radius 2 is 1.59 bits per heavy atom. The minimum Gasteiger partial charge on any atom is -0.343 e. The van der Waals surface area contributed by atoms with Gasteiger partial charge in [0.25, 0.3) is 5.91 Å². The summed E-state index contributed by atoms with van der Waals surface area (Å²) in [5.74, 6) is -0.496. The number of benzene rings is 2. The summed E-state index contributed by atoms with van der Waals surface area (Å²) >= 11 is 2.17. The molecule has 2 rings (SSSR count). The van der Waals surface area contributed by atoms with Crippen LogP contribution < -0.4 is 10.6 Å². The highest BCUT2D eigenvalue weighted by atomic mass is 127. The van der Waals surface area contributed by atoms with E-state index in [-0.39, 0.29) is 18.4 Å². The van der Waals surface area contributed by atoms with Crippen molar-refractivity contribution in [2.75, 3.05) is 11.9 Å². The first-order chi connectivity index (χ1) is 10.5. The summed E-state index contributed by atoms with van der Waals surface area (Å²) < 4.78 is 1.06. The van der Waals surface area contributed by atoms with Crippen LogP contribution in [0, 0.1) is 17.4 Å². The maximum absolute atomic E-state index is 12.0. The summed E-state index contributed by atoms with van der Waals surface area (Å²) in [6.45, 7) is 3.82. The Kier molecular flexibility index (Phi) is 5.54. The van der Waals surface area contributed by atoms with Crippen LogP contribution in [0.15, 0.2) is 42.5 Å². The van der Waals surface area contributed by atoms with Crippen molar-refractivity contribution >= 4 is 40.1 Å². The SMILES string of the molecule is Cc1cccc(C)c1NC(=O)CNC(=O)c1ccc(I)cc1. The summed E-state index contributed by atoms with van der Waals surface area (Å²) in [5, 5.41) is 5.46. The van der Waals surface area contributed by atoms with E-state index in [1.807, 2.05) is 44.2 Å². The van der Waals surface area contributed by atoms with Crippen LogP contribution in [0.5, 0.6) is 0 Å². The Hall–Kier alpha value is -1.89. The number of halogens is 1. The zero-order valence-electron chi connectivity index (χ0n) is 12.4. The molecule has 0 radical (unpaired) electrons. The summed E-state index contributed by atoms with van der Waals surface area (Å²) in [6.07, 6.45) is 0. The van der Waals surface area contributed by atoms with Gasteiger partial charge in [0.05, 0.1) is 6.54 Å². The standard InChI is InChI=1S/C17H17IN2O2/c1-11-4-3-5-12(2)16(11)20-15(21)10-19-17(22)13-6-8-14(18)9-7-13/h3-9H,10H2,1-2H3,(H,19,22)(H,20,21). The first kappa shape index (κ1) is 16.5. The predicted octanol–water partition coefficient (Wildman–Crippen LogP) is 3.28. The van der Waals surface area contributed by atoms with Crippen molar-refractivity contribution in [3.63, 3.8) is 0 Å². The molecule has 0 aliphatic rings. The molecule has 0 atom stereocenters. The normalized spacial score (nSPS) is 10.1. The molecule has 0 aliphatic heterocycles. The molecule has 2 amide bonds. The Balaban J connectivity index is 1.93. The van der Waals surface area contributed by atoms with Crippen molar-refractivity contribution < 1.29 is 9.59 Å². The number of aryl methyl sites for hydroxylation is 2. The highest BCUT2D eigenvalue weighted by molar-refractivity contribution is 14.1. The lowest BCUT2D eigenvalue weighted by molar-refractivity contribution is -0.115. The summed E-state index contributed by atoms with van der Waals surface area (Å²) in [7, 11) is 0. The van der Waals surface area contributed by atoms with Crippen LogP contribution in [0.1, 0.15) is 21.5 Å². The quantitative estimate of drug-likeness (QED) is 0.764. The fraction of sp³-hybridized carbons (Fsp3) is 0.176. The molecule has 0 aliphatic carbocycles. The Labute approximate surface area is 143 Å². The first-order valence-electron chi connectivity index (χ1n) is 6.87. The number of nitrogens with one attached hydrogen (secondary N) is 2. The van der Waals surface area contributed by atoms with Crippen LogP contribution in [0.2, 0.25) is 0 Å².